The summed E-state index contributed by atoms with van der Waals surface area (Å²) in [5, 5.41) is 18.2. The van der Waals surface area contributed by atoms with Crippen LogP contribution in [0.15, 0.2) is 101 Å². The molecule has 0 saturated heterocycles. The number of amides is 1. The first-order chi connectivity index (χ1) is 18.2. The van der Waals surface area contributed by atoms with Gasteiger partial charge in [0.05, 0.1) is 12.8 Å². The maximum Gasteiger partial charge on any atom is 0.261 e. The van der Waals surface area contributed by atoms with Crippen LogP contribution in [0.4, 0.5) is 0 Å². The van der Waals surface area contributed by atoms with E-state index in [9.17, 15) is 10.1 Å². The number of fused-ring (bicyclic) bond motifs is 1. The number of benzene rings is 3. The highest BCUT2D eigenvalue weighted by Crippen LogP contribution is 2.35. The highest BCUT2D eigenvalue weighted by molar-refractivity contribution is 6.02. The molecule has 182 valence electrons. The number of methoxy groups -OCH3 is 1. The number of carbonyl (C=O) groups is 1. The predicted octanol–water partition coefficient (Wildman–Crippen LogP) is 5.56. The molecule has 0 aliphatic heterocycles. The molecule has 0 aliphatic rings. The molecule has 0 radical (unpaired) electrons. The molecule has 0 saturated carbocycles. The number of rotatable bonds is 8. The summed E-state index contributed by atoms with van der Waals surface area (Å²) in [4.78, 5) is 12.8. The summed E-state index contributed by atoms with van der Waals surface area (Å²) >= 11 is 0. The summed E-state index contributed by atoms with van der Waals surface area (Å²) in [5.74, 6) is 0.671. The van der Waals surface area contributed by atoms with Crippen molar-refractivity contribution >= 4 is 23.0 Å². The van der Waals surface area contributed by atoms with Gasteiger partial charge in [-0.15, -0.1) is 0 Å². The molecule has 2 aromatic heterocycles. The van der Waals surface area contributed by atoms with Gasteiger partial charge in [0.1, 0.15) is 17.3 Å². The average molecular weight is 489 g/mol. The number of aromatic nitrogens is 2. The van der Waals surface area contributed by atoms with Gasteiger partial charge in [0.25, 0.3) is 5.91 Å². The van der Waals surface area contributed by atoms with E-state index in [4.69, 9.17) is 14.3 Å². The number of furan rings is 1. The summed E-state index contributed by atoms with van der Waals surface area (Å²) in [6.45, 7) is 0.418. The lowest BCUT2D eigenvalue weighted by molar-refractivity contribution is -0.117. The van der Waals surface area contributed by atoms with Crippen LogP contribution in [0.3, 0.4) is 0 Å². The highest BCUT2D eigenvalue weighted by Gasteiger charge is 2.19. The molecule has 0 spiro atoms. The van der Waals surface area contributed by atoms with E-state index in [2.05, 4.69) is 5.32 Å². The molecule has 7 heteroatoms. The Morgan fingerprint density at radius 3 is 2.57 bits per heavy atom. The van der Waals surface area contributed by atoms with E-state index in [1.807, 2.05) is 91.0 Å². The third-order valence-electron chi connectivity index (χ3n) is 5.93. The van der Waals surface area contributed by atoms with E-state index >= 15 is 0 Å². The van der Waals surface area contributed by atoms with Crippen LogP contribution in [0.1, 0.15) is 11.1 Å². The van der Waals surface area contributed by atoms with Crippen molar-refractivity contribution in [2.45, 2.75) is 6.42 Å². The van der Waals surface area contributed by atoms with Crippen LogP contribution in [0.2, 0.25) is 0 Å². The van der Waals surface area contributed by atoms with Gasteiger partial charge in [-0.1, -0.05) is 60.7 Å². The largest absolute Gasteiger partial charge is 0.493 e. The number of nitriles is 1. The van der Waals surface area contributed by atoms with E-state index in [1.165, 1.54) is 0 Å². The minimum Gasteiger partial charge on any atom is -0.493 e. The zero-order valence-electron chi connectivity index (χ0n) is 20.2. The van der Waals surface area contributed by atoms with Gasteiger partial charge in [0, 0.05) is 23.7 Å². The van der Waals surface area contributed by atoms with Crippen molar-refractivity contribution in [2.24, 2.45) is 0 Å². The maximum absolute atomic E-state index is 12.8. The molecule has 37 heavy (non-hydrogen) atoms. The molecule has 0 unspecified atom stereocenters. The van der Waals surface area contributed by atoms with Gasteiger partial charge in [-0.2, -0.15) is 10.4 Å². The average Bonchev–Trinajstić information content (AvgIpc) is 3.57. The first-order valence-corrected chi connectivity index (χ1v) is 11.8. The molecular formula is C30H24N4O3. The summed E-state index contributed by atoms with van der Waals surface area (Å²) < 4.78 is 13.3. The van der Waals surface area contributed by atoms with E-state index in [0.29, 0.717) is 41.3 Å². The second-order valence-electron chi connectivity index (χ2n) is 8.36. The second-order valence-corrected chi connectivity index (χ2v) is 8.36. The van der Waals surface area contributed by atoms with Crippen LogP contribution in [0.5, 0.6) is 5.75 Å². The van der Waals surface area contributed by atoms with Gasteiger partial charge >= 0.3 is 0 Å². The molecule has 0 fully saturated rings. The Labute approximate surface area is 214 Å². The molecule has 1 N–H and O–H groups in total. The summed E-state index contributed by atoms with van der Waals surface area (Å²) in [6, 6.07) is 29.0. The minimum absolute atomic E-state index is 0.0179. The molecular weight excluding hydrogens is 464 g/mol. The quantitative estimate of drug-likeness (QED) is 0.228. The highest BCUT2D eigenvalue weighted by atomic mass is 16.5. The Morgan fingerprint density at radius 2 is 1.84 bits per heavy atom. The predicted molar refractivity (Wildman–Crippen MR) is 142 cm³/mol. The maximum atomic E-state index is 12.8. The van der Waals surface area contributed by atoms with Crippen LogP contribution < -0.4 is 10.1 Å². The van der Waals surface area contributed by atoms with E-state index in [0.717, 1.165) is 16.6 Å². The number of hydrogen-bond donors (Lipinski definition) is 1. The van der Waals surface area contributed by atoms with Crippen molar-refractivity contribution in [3.8, 4) is 29.0 Å². The number of para-hydroxylation sites is 2. The van der Waals surface area contributed by atoms with Crippen molar-refractivity contribution in [3.63, 3.8) is 0 Å². The van der Waals surface area contributed by atoms with Crippen LogP contribution in [-0.2, 0) is 11.2 Å². The lowest BCUT2D eigenvalue weighted by Gasteiger charge is -2.04. The molecule has 0 aliphatic carbocycles. The van der Waals surface area contributed by atoms with Gasteiger partial charge in [-0.3, -0.25) is 4.79 Å². The molecule has 1 amide bonds. The molecule has 7 nitrogen and oxygen atoms in total. The van der Waals surface area contributed by atoms with Crippen LogP contribution in [0.25, 0.3) is 34.2 Å². The Balaban J connectivity index is 1.50. The standard InChI is InChI=1S/C30H24N4O3/c1-36-26-14-8-11-22-18-27(37-29(22)26)28-24(20-34(33-28)25-12-6-3-7-13-25)17-23(19-31)30(35)32-16-15-21-9-4-2-5-10-21/h2-14,17-18,20H,15-16H2,1H3,(H,32,35). The van der Waals surface area contributed by atoms with Gasteiger partial charge < -0.3 is 14.5 Å². The lowest BCUT2D eigenvalue weighted by atomic mass is 10.1. The summed E-state index contributed by atoms with van der Waals surface area (Å²) in [6.07, 6.45) is 4.00. The van der Waals surface area contributed by atoms with Gasteiger partial charge in [-0.25, -0.2) is 4.68 Å². The van der Waals surface area contributed by atoms with Crippen LogP contribution in [-0.4, -0.2) is 29.3 Å². The molecule has 2 heterocycles. The zero-order chi connectivity index (χ0) is 25.6. The molecule has 0 atom stereocenters. The lowest BCUT2D eigenvalue weighted by Crippen LogP contribution is -2.26. The van der Waals surface area contributed by atoms with Gasteiger partial charge in [0.2, 0.25) is 0 Å². The van der Waals surface area contributed by atoms with Crippen molar-refractivity contribution in [3.05, 3.63) is 108 Å². The number of carbonyl (C=O) groups excluding carboxylic acids is 1. The summed E-state index contributed by atoms with van der Waals surface area (Å²) in [5.41, 5.74) is 3.61. The third kappa shape index (κ3) is 5.14. The van der Waals surface area contributed by atoms with Crippen molar-refractivity contribution < 1.29 is 13.9 Å². The van der Waals surface area contributed by atoms with E-state index in [-0.39, 0.29) is 5.57 Å². The fourth-order valence-corrected chi connectivity index (χ4v) is 4.08. The first-order valence-electron chi connectivity index (χ1n) is 11.8. The molecule has 0 bridgehead atoms. The van der Waals surface area contributed by atoms with Crippen LogP contribution in [0, 0.1) is 11.3 Å². The monoisotopic (exact) mass is 488 g/mol. The van der Waals surface area contributed by atoms with E-state index < -0.39 is 5.91 Å². The fourth-order valence-electron chi connectivity index (χ4n) is 4.08. The van der Waals surface area contributed by atoms with Crippen molar-refractivity contribution in [1.29, 1.82) is 5.26 Å². The smallest absolute Gasteiger partial charge is 0.261 e. The van der Waals surface area contributed by atoms with Crippen LogP contribution >= 0.6 is 0 Å². The van der Waals surface area contributed by atoms with Crippen molar-refractivity contribution in [1.82, 2.24) is 15.1 Å². The third-order valence-corrected chi connectivity index (χ3v) is 5.93. The Kier molecular flexibility index (Phi) is 6.82. The Morgan fingerprint density at radius 1 is 1.08 bits per heavy atom. The first kappa shape index (κ1) is 23.6. The minimum atomic E-state index is -0.442. The molecule has 3 aromatic carbocycles. The van der Waals surface area contributed by atoms with E-state index in [1.54, 1.807) is 24.1 Å². The van der Waals surface area contributed by atoms with Crippen molar-refractivity contribution in [2.75, 3.05) is 13.7 Å². The Hall–Kier alpha value is -5.09. The number of nitrogens with zero attached hydrogens (tertiary/aromatic N) is 3. The topological polar surface area (TPSA) is 93.1 Å². The fraction of sp³-hybridized carbons (Fsp3) is 0.100. The number of ether oxygens (including phenoxy) is 1. The zero-order valence-corrected chi connectivity index (χ0v) is 20.2. The van der Waals surface area contributed by atoms with Gasteiger partial charge in [0.15, 0.2) is 17.1 Å². The second kappa shape index (κ2) is 10.7. The molecule has 5 rings (SSSR count). The normalized spacial score (nSPS) is 11.3. The van der Waals surface area contributed by atoms with Gasteiger partial charge in [-0.05, 0) is 42.3 Å². The SMILES string of the molecule is COc1cccc2cc(-c3nn(-c4ccccc4)cc3C=C(C#N)C(=O)NCCc3ccccc3)oc12. The molecule has 5 aromatic rings. The summed E-state index contributed by atoms with van der Waals surface area (Å²) in [7, 11) is 1.59. The Bertz CT molecular complexity index is 1610. The number of hydrogen-bond acceptors (Lipinski definition) is 5. The number of nitrogens with one attached hydrogen (secondary N) is 1.